The molecule has 1 aliphatic carbocycles. The molecule has 4 N–H and O–H groups in total. The van der Waals surface area contributed by atoms with Crippen molar-refractivity contribution in [3.63, 3.8) is 0 Å². The number of carboxylic acid groups (broad SMARTS) is 1. The molecule has 1 saturated carbocycles. The monoisotopic (exact) mass is 622 g/mol. The van der Waals surface area contributed by atoms with Crippen LogP contribution in [0.1, 0.15) is 63.0 Å². The van der Waals surface area contributed by atoms with Gasteiger partial charge in [0.2, 0.25) is 17.7 Å². The molecule has 44 heavy (non-hydrogen) atoms. The highest BCUT2D eigenvalue weighted by Crippen LogP contribution is 2.27. The molecule has 3 rings (SSSR count). The highest BCUT2D eigenvalue weighted by molar-refractivity contribution is 6.02. The quantitative estimate of drug-likeness (QED) is 0.196. The topological polar surface area (TPSA) is 167 Å². The summed E-state index contributed by atoms with van der Waals surface area (Å²) in [7, 11) is 3.24. The average molecular weight is 623 g/mol. The second kappa shape index (κ2) is 16.6. The molecule has 2 aliphatic rings. The molecular formula is C30H41F3N6O5. The highest BCUT2D eigenvalue weighted by atomic mass is 19.4. The zero-order valence-corrected chi connectivity index (χ0v) is 25.2. The predicted octanol–water partition coefficient (Wildman–Crippen LogP) is 3.08. The normalized spacial score (nSPS) is 17.2. The van der Waals surface area contributed by atoms with E-state index in [1.165, 1.54) is 4.90 Å². The Kier molecular flexibility index (Phi) is 13.6. The number of aliphatic carboxylic acids is 1. The van der Waals surface area contributed by atoms with Gasteiger partial charge in [-0.2, -0.15) is 18.4 Å². The van der Waals surface area contributed by atoms with E-state index in [4.69, 9.17) is 20.6 Å². The largest absolute Gasteiger partial charge is 0.490 e. The van der Waals surface area contributed by atoms with Crippen LogP contribution in [-0.2, 0) is 25.6 Å². The number of alkyl halides is 3. The van der Waals surface area contributed by atoms with Gasteiger partial charge in [0, 0.05) is 33.2 Å². The lowest BCUT2D eigenvalue weighted by atomic mass is 9.83. The van der Waals surface area contributed by atoms with Crippen molar-refractivity contribution in [2.75, 3.05) is 27.2 Å². The van der Waals surface area contributed by atoms with Crippen LogP contribution in [0.5, 0.6) is 0 Å². The molecular weight excluding hydrogens is 581 g/mol. The molecule has 0 radical (unpaired) electrons. The smallest absolute Gasteiger partial charge is 0.475 e. The Hall–Kier alpha value is -4.15. The molecule has 2 atom stereocenters. The maximum absolute atomic E-state index is 13.6. The third kappa shape index (κ3) is 11.2. The summed E-state index contributed by atoms with van der Waals surface area (Å²) in [5.41, 5.74) is 1.29. The Labute approximate surface area is 255 Å². The van der Waals surface area contributed by atoms with Gasteiger partial charge in [-0.05, 0) is 62.6 Å². The summed E-state index contributed by atoms with van der Waals surface area (Å²) in [5, 5.41) is 30.2. The van der Waals surface area contributed by atoms with Crippen LogP contribution in [0.15, 0.2) is 24.3 Å². The third-order valence-electron chi connectivity index (χ3n) is 7.84. The third-order valence-corrected chi connectivity index (χ3v) is 7.84. The van der Waals surface area contributed by atoms with Gasteiger partial charge in [-0.15, -0.1) is 0 Å². The molecule has 3 amide bonds. The minimum Gasteiger partial charge on any atom is -0.475 e. The van der Waals surface area contributed by atoms with Crippen LogP contribution in [0, 0.1) is 28.6 Å². The molecule has 1 aromatic rings. The number of carbonyl (C=O) groups is 4. The Morgan fingerprint density at radius 2 is 1.59 bits per heavy atom. The average Bonchev–Trinajstić information content (AvgIpc) is 2.98. The van der Waals surface area contributed by atoms with Crippen molar-refractivity contribution in [2.24, 2.45) is 11.8 Å². The van der Waals surface area contributed by atoms with Gasteiger partial charge in [-0.1, -0.05) is 31.4 Å². The van der Waals surface area contributed by atoms with Gasteiger partial charge in [-0.3, -0.25) is 19.8 Å². The van der Waals surface area contributed by atoms with E-state index in [2.05, 4.69) is 16.7 Å². The first kappa shape index (κ1) is 36.0. The molecule has 242 valence electrons. The number of piperidine rings is 1. The lowest BCUT2D eigenvalue weighted by Crippen LogP contribution is -2.57. The van der Waals surface area contributed by atoms with Crippen LogP contribution in [0.25, 0.3) is 0 Å². The number of nitrogens with zero attached hydrogens (tertiary/aromatic N) is 3. The minimum absolute atomic E-state index is 0.00365. The van der Waals surface area contributed by atoms with Gasteiger partial charge in [0.1, 0.15) is 12.0 Å². The lowest BCUT2D eigenvalue weighted by molar-refractivity contribution is -0.192. The van der Waals surface area contributed by atoms with Crippen molar-refractivity contribution in [1.82, 2.24) is 20.4 Å². The Bertz CT molecular complexity index is 1200. The fraction of sp³-hybridized carbons (Fsp3) is 0.600. The van der Waals surface area contributed by atoms with Crippen LogP contribution in [-0.4, -0.2) is 89.9 Å². The predicted molar refractivity (Wildman–Crippen MR) is 155 cm³/mol. The number of likely N-dealkylation sites (tertiary alicyclic amines) is 1. The Morgan fingerprint density at radius 3 is 2.05 bits per heavy atom. The van der Waals surface area contributed by atoms with E-state index in [1.807, 2.05) is 4.90 Å². The van der Waals surface area contributed by atoms with Crippen LogP contribution >= 0.6 is 0 Å². The van der Waals surface area contributed by atoms with Crippen molar-refractivity contribution in [3.05, 3.63) is 35.4 Å². The summed E-state index contributed by atoms with van der Waals surface area (Å²) >= 11 is 0. The van der Waals surface area contributed by atoms with Gasteiger partial charge < -0.3 is 25.5 Å². The summed E-state index contributed by atoms with van der Waals surface area (Å²) in [6.07, 6.45) is 1.52. The van der Waals surface area contributed by atoms with Crippen LogP contribution in [0.4, 0.5) is 13.2 Å². The minimum atomic E-state index is -5.08. The van der Waals surface area contributed by atoms with Crippen molar-refractivity contribution in [3.8, 4) is 6.07 Å². The molecule has 11 nitrogen and oxygen atoms in total. The first-order chi connectivity index (χ1) is 20.6. The number of hydrogen-bond donors (Lipinski definition) is 4. The highest BCUT2D eigenvalue weighted by Gasteiger charge is 2.38. The molecule has 0 spiro atoms. The standard InChI is InChI=1S/C28H40N6O3.C2HF3O2/c1-19(30)34-15-13-23(14-16-34)31-27(36)25(22-7-5-4-6-8-22)32-26(35)24(28(37)33(2)3)17-20-9-11-21(18-29)12-10-20;3-2(4,5)1(6)7/h9-12,22-25,30H,4-8,13-17H2,1-3H3,(H,31,36)(H,32,35);(H,6,7)/t24?,25-;/m0./s1. The molecule has 0 bridgehead atoms. The first-order valence-electron chi connectivity index (χ1n) is 14.5. The summed E-state index contributed by atoms with van der Waals surface area (Å²) < 4.78 is 31.7. The van der Waals surface area contributed by atoms with Crippen molar-refractivity contribution >= 4 is 29.5 Å². The zero-order valence-electron chi connectivity index (χ0n) is 25.2. The molecule has 1 heterocycles. The van der Waals surface area contributed by atoms with Gasteiger partial charge in [0.05, 0.1) is 17.5 Å². The Morgan fingerprint density at radius 1 is 1.05 bits per heavy atom. The summed E-state index contributed by atoms with van der Waals surface area (Å²) in [5.74, 6) is -4.10. The van der Waals surface area contributed by atoms with E-state index < -0.39 is 30.0 Å². The molecule has 14 heteroatoms. The maximum atomic E-state index is 13.6. The van der Waals surface area contributed by atoms with Gasteiger partial charge in [-0.25, -0.2) is 4.79 Å². The van der Waals surface area contributed by atoms with Crippen LogP contribution in [0.2, 0.25) is 0 Å². The fourth-order valence-electron chi connectivity index (χ4n) is 5.32. The SMILES string of the molecule is CC(=N)N1CCC(NC(=O)[C@@H](NC(=O)C(Cc2ccc(C#N)cc2)C(=O)N(C)C)C2CCCCC2)CC1.O=C(O)C(F)(F)F. The van der Waals surface area contributed by atoms with Crippen LogP contribution in [0.3, 0.4) is 0 Å². The maximum Gasteiger partial charge on any atom is 0.490 e. The molecule has 1 aliphatic heterocycles. The van der Waals surface area contributed by atoms with E-state index in [1.54, 1.807) is 45.3 Å². The second-order valence-electron chi connectivity index (χ2n) is 11.3. The van der Waals surface area contributed by atoms with E-state index in [9.17, 15) is 27.6 Å². The number of hydrogen-bond acceptors (Lipinski definition) is 6. The van der Waals surface area contributed by atoms with Crippen LogP contribution < -0.4 is 10.6 Å². The Balaban J connectivity index is 0.000000860. The number of rotatable bonds is 8. The molecule has 0 aromatic heterocycles. The number of benzene rings is 1. The lowest BCUT2D eigenvalue weighted by Gasteiger charge is -2.36. The van der Waals surface area contributed by atoms with Gasteiger partial charge >= 0.3 is 12.1 Å². The molecule has 2 fully saturated rings. The van der Waals surface area contributed by atoms with E-state index in [-0.39, 0.29) is 30.2 Å². The molecule has 1 aromatic carbocycles. The van der Waals surface area contributed by atoms with Crippen molar-refractivity contribution < 1.29 is 37.5 Å². The first-order valence-corrected chi connectivity index (χ1v) is 14.5. The number of amidine groups is 1. The zero-order chi connectivity index (χ0) is 33.0. The van der Waals surface area contributed by atoms with Gasteiger partial charge in [0.15, 0.2) is 0 Å². The summed E-state index contributed by atoms with van der Waals surface area (Å²) in [6, 6.07) is 8.26. The van der Waals surface area contributed by atoms with Crippen molar-refractivity contribution in [2.45, 2.75) is 76.6 Å². The van der Waals surface area contributed by atoms with E-state index in [0.29, 0.717) is 11.4 Å². The van der Waals surface area contributed by atoms with E-state index in [0.717, 1.165) is 63.6 Å². The number of nitriles is 1. The molecule has 1 saturated heterocycles. The van der Waals surface area contributed by atoms with Crippen molar-refractivity contribution in [1.29, 1.82) is 10.7 Å². The number of halogens is 3. The number of carboxylic acids is 1. The second-order valence-corrected chi connectivity index (χ2v) is 11.3. The summed E-state index contributed by atoms with van der Waals surface area (Å²) in [6.45, 7) is 3.23. The molecule has 1 unspecified atom stereocenters. The summed E-state index contributed by atoms with van der Waals surface area (Å²) in [4.78, 5) is 52.4. The van der Waals surface area contributed by atoms with E-state index >= 15 is 0 Å². The number of nitrogens with one attached hydrogen (secondary N) is 3. The number of amides is 3. The number of carbonyl (C=O) groups excluding carboxylic acids is 3. The van der Waals surface area contributed by atoms with Gasteiger partial charge in [0.25, 0.3) is 0 Å². The fourth-order valence-corrected chi connectivity index (χ4v) is 5.32.